The van der Waals surface area contributed by atoms with Crippen LogP contribution < -0.4 is 0 Å². The molecule has 1 heterocycles. The normalized spacial score (nSPS) is 10.1. The lowest BCUT2D eigenvalue weighted by Crippen LogP contribution is -2.11. The van der Waals surface area contributed by atoms with Gasteiger partial charge in [0.15, 0.2) is 12.0 Å². The first-order valence-corrected chi connectivity index (χ1v) is 4.07. The van der Waals surface area contributed by atoms with Crippen molar-refractivity contribution in [3.63, 3.8) is 0 Å². The van der Waals surface area contributed by atoms with E-state index in [-0.39, 0.29) is 5.92 Å². The Morgan fingerprint density at radius 2 is 2.31 bits per heavy atom. The molecule has 13 heavy (non-hydrogen) atoms. The second kappa shape index (κ2) is 3.90. The lowest BCUT2D eigenvalue weighted by atomic mass is 10.2. The number of nitriles is 1. The van der Waals surface area contributed by atoms with E-state index in [0.29, 0.717) is 18.3 Å². The molecule has 0 radical (unpaired) electrons. The Kier molecular flexibility index (Phi) is 2.85. The van der Waals surface area contributed by atoms with Gasteiger partial charge in [-0.25, -0.2) is 0 Å². The van der Waals surface area contributed by atoms with Crippen molar-refractivity contribution in [3.8, 4) is 6.19 Å². The molecule has 5 heteroatoms. The first-order chi connectivity index (χ1) is 6.13. The predicted molar refractivity (Wildman–Crippen MR) is 45.5 cm³/mol. The van der Waals surface area contributed by atoms with Crippen LogP contribution in [0, 0.1) is 11.5 Å². The summed E-state index contributed by atoms with van der Waals surface area (Å²) >= 11 is 0. The van der Waals surface area contributed by atoms with Gasteiger partial charge in [-0.3, -0.25) is 0 Å². The minimum absolute atomic E-state index is 0.230. The highest BCUT2D eigenvalue weighted by atomic mass is 16.5. The smallest absolute Gasteiger partial charge is 0.229 e. The maximum Gasteiger partial charge on any atom is 0.229 e. The first-order valence-electron chi connectivity index (χ1n) is 4.07. The molecule has 0 unspecified atom stereocenters. The van der Waals surface area contributed by atoms with E-state index < -0.39 is 0 Å². The fraction of sp³-hybridized carbons (Fsp3) is 0.625. The van der Waals surface area contributed by atoms with Crippen molar-refractivity contribution in [1.29, 1.82) is 5.26 Å². The van der Waals surface area contributed by atoms with Crippen LogP contribution in [0.4, 0.5) is 0 Å². The number of nitrogens with zero attached hydrogens (tertiary/aromatic N) is 4. The van der Waals surface area contributed by atoms with Gasteiger partial charge in [0.2, 0.25) is 5.89 Å². The van der Waals surface area contributed by atoms with Crippen molar-refractivity contribution in [1.82, 2.24) is 15.0 Å². The van der Waals surface area contributed by atoms with Crippen LogP contribution >= 0.6 is 0 Å². The fourth-order valence-corrected chi connectivity index (χ4v) is 0.814. The highest BCUT2D eigenvalue weighted by molar-refractivity contribution is 4.91. The van der Waals surface area contributed by atoms with Crippen LogP contribution in [0.1, 0.15) is 31.5 Å². The zero-order valence-electron chi connectivity index (χ0n) is 7.98. The first kappa shape index (κ1) is 9.52. The molecule has 5 nitrogen and oxygen atoms in total. The van der Waals surface area contributed by atoms with Gasteiger partial charge in [-0.05, 0) is 0 Å². The van der Waals surface area contributed by atoms with Gasteiger partial charge >= 0.3 is 0 Å². The summed E-state index contributed by atoms with van der Waals surface area (Å²) in [6.07, 6.45) is 1.96. The zero-order chi connectivity index (χ0) is 9.84. The molecule has 0 amide bonds. The van der Waals surface area contributed by atoms with E-state index in [2.05, 4.69) is 10.1 Å². The standard InChI is InChI=1S/C8H12N4O/c1-6(2)8-10-7(11-13-8)4-12(3)5-9/h6H,4H2,1-3H3. The Morgan fingerprint density at radius 3 is 2.77 bits per heavy atom. The Hall–Kier alpha value is -1.57. The van der Waals surface area contributed by atoms with E-state index in [9.17, 15) is 0 Å². The summed E-state index contributed by atoms with van der Waals surface area (Å²) in [6.45, 7) is 4.35. The third kappa shape index (κ3) is 2.44. The number of aromatic nitrogens is 2. The second-order valence-electron chi connectivity index (χ2n) is 3.16. The van der Waals surface area contributed by atoms with E-state index in [4.69, 9.17) is 9.78 Å². The molecule has 0 fully saturated rings. The monoisotopic (exact) mass is 180 g/mol. The quantitative estimate of drug-likeness (QED) is 0.515. The summed E-state index contributed by atoms with van der Waals surface area (Å²) in [5, 5.41) is 12.2. The summed E-state index contributed by atoms with van der Waals surface area (Å²) in [4.78, 5) is 5.57. The van der Waals surface area contributed by atoms with Crippen LogP contribution in [0.2, 0.25) is 0 Å². The summed E-state index contributed by atoms with van der Waals surface area (Å²) in [5.74, 6) is 1.39. The van der Waals surface area contributed by atoms with Gasteiger partial charge in [0.1, 0.15) is 0 Å². The van der Waals surface area contributed by atoms with Crippen LogP contribution in [0.3, 0.4) is 0 Å². The highest BCUT2D eigenvalue weighted by Crippen LogP contribution is 2.11. The summed E-state index contributed by atoms with van der Waals surface area (Å²) in [6, 6.07) is 0. The molecule has 0 aliphatic carbocycles. The lowest BCUT2D eigenvalue weighted by molar-refractivity contribution is 0.352. The summed E-state index contributed by atoms with van der Waals surface area (Å²) < 4.78 is 4.97. The van der Waals surface area contributed by atoms with E-state index in [1.54, 1.807) is 7.05 Å². The van der Waals surface area contributed by atoms with Gasteiger partial charge in [0.25, 0.3) is 0 Å². The highest BCUT2D eigenvalue weighted by Gasteiger charge is 2.10. The molecule has 0 aliphatic heterocycles. The molecule has 0 N–H and O–H groups in total. The van der Waals surface area contributed by atoms with Crippen molar-refractivity contribution in [3.05, 3.63) is 11.7 Å². The Bertz CT molecular complexity index is 312. The van der Waals surface area contributed by atoms with Gasteiger partial charge in [-0.2, -0.15) is 10.2 Å². The average Bonchev–Trinajstić information content (AvgIpc) is 2.52. The molecule has 0 atom stereocenters. The van der Waals surface area contributed by atoms with Crippen LogP contribution in [-0.4, -0.2) is 22.1 Å². The van der Waals surface area contributed by atoms with Crippen LogP contribution in [0.15, 0.2) is 4.52 Å². The van der Waals surface area contributed by atoms with Gasteiger partial charge in [0, 0.05) is 13.0 Å². The van der Waals surface area contributed by atoms with E-state index in [1.807, 2.05) is 20.0 Å². The molecule has 70 valence electrons. The molecule has 1 aromatic rings. The van der Waals surface area contributed by atoms with E-state index in [0.717, 1.165) is 0 Å². The fourth-order valence-electron chi connectivity index (χ4n) is 0.814. The SMILES string of the molecule is CC(C)c1nc(CN(C)C#N)no1. The minimum atomic E-state index is 0.230. The average molecular weight is 180 g/mol. The molecule has 0 aromatic carbocycles. The van der Waals surface area contributed by atoms with Crippen LogP contribution in [0.5, 0.6) is 0 Å². The maximum absolute atomic E-state index is 8.50. The zero-order valence-corrected chi connectivity index (χ0v) is 7.98. The molecule has 0 bridgehead atoms. The van der Waals surface area contributed by atoms with Gasteiger partial charge in [0.05, 0.1) is 6.54 Å². The van der Waals surface area contributed by atoms with E-state index in [1.165, 1.54) is 4.90 Å². The van der Waals surface area contributed by atoms with E-state index >= 15 is 0 Å². The Morgan fingerprint density at radius 1 is 1.62 bits per heavy atom. The Labute approximate surface area is 77.0 Å². The second-order valence-corrected chi connectivity index (χ2v) is 3.16. The third-order valence-corrected chi connectivity index (χ3v) is 1.53. The molecule has 0 spiro atoms. The molecule has 1 rings (SSSR count). The molecule has 0 aliphatic rings. The molecule has 0 saturated carbocycles. The van der Waals surface area contributed by atoms with Gasteiger partial charge in [-0.15, -0.1) is 0 Å². The van der Waals surface area contributed by atoms with Crippen LogP contribution in [-0.2, 0) is 6.54 Å². The molecular formula is C8H12N4O. The molecule has 1 aromatic heterocycles. The Balaban J connectivity index is 2.65. The molecule has 0 saturated heterocycles. The summed E-state index contributed by atoms with van der Waals surface area (Å²) in [7, 11) is 1.67. The minimum Gasteiger partial charge on any atom is -0.339 e. The number of hydrogen-bond donors (Lipinski definition) is 0. The van der Waals surface area contributed by atoms with Crippen molar-refractivity contribution in [2.75, 3.05) is 7.05 Å². The van der Waals surface area contributed by atoms with Crippen LogP contribution in [0.25, 0.3) is 0 Å². The topological polar surface area (TPSA) is 66.0 Å². The van der Waals surface area contributed by atoms with Crippen molar-refractivity contribution < 1.29 is 4.52 Å². The van der Waals surface area contributed by atoms with Crippen molar-refractivity contribution in [2.45, 2.75) is 26.3 Å². The van der Waals surface area contributed by atoms with Gasteiger partial charge in [-0.1, -0.05) is 19.0 Å². The number of hydrogen-bond acceptors (Lipinski definition) is 5. The number of rotatable bonds is 3. The lowest BCUT2D eigenvalue weighted by Gasteiger charge is -2.02. The van der Waals surface area contributed by atoms with Gasteiger partial charge < -0.3 is 9.42 Å². The maximum atomic E-state index is 8.50. The summed E-state index contributed by atoms with van der Waals surface area (Å²) in [5.41, 5.74) is 0. The predicted octanol–water partition coefficient (Wildman–Crippen LogP) is 1.11. The van der Waals surface area contributed by atoms with Crippen molar-refractivity contribution in [2.24, 2.45) is 0 Å². The van der Waals surface area contributed by atoms with Crippen molar-refractivity contribution >= 4 is 0 Å². The third-order valence-electron chi connectivity index (χ3n) is 1.53. The largest absolute Gasteiger partial charge is 0.339 e. The molecular weight excluding hydrogens is 168 g/mol.